The fraction of sp³-hybridized carbons (Fsp3) is 0.500. The molecule has 1 aromatic heterocycles. The van der Waals surface area contributed by atoms with Crippen molar-refractivity contribution in [2.24, 2.45) is 5.92 Å². The summed E-state index contributed by atoms with van der Waals surface area (Å²) < 4.78 is 88.6. The molecule has 182 valence electrons. The molecule has 2 heterocycles. The number of hydrogen-bond acceptors (Lipinski definition) is 5. The van der Waals surface area contributed by atoms with E-state index in [1.165, 1.54) is 0 Å². The molecule has 0 bridgehead atoms. The van der Waals surface area contributed by atoms with E-state index in [0.29, 0.717) is 37.3 Å². The van der Waals surface area contributed by atoms with Crippen molar-refractivity contribution >= 4 is 5.82 Å². The minimum atomic E-state index is -4.91. The maximum Gasteiger partial charge on any atom is 0.416 e. The number of benzene rings is 1. The third kappa shape index (κ3) is 7.23. The Bertz CT molecular complexity index is 896. The van der Waals surface area contributed by atoms with Crippen molar-refractivity contribution in [1.29, 1.82) is 0 Å². The summed E-state index contributed by atoms with van der Waals surface area (Å²) in [4.78, 5) is 4.34. The lowest BCUT2D eigenvalue weighted by atomic mass is 9.99. The van der Waals surface area contributed by atoms with Crippen molar-refractivity contribution in [2.45, 2.75) is 38.2 Å². The smallest absolute Gasteiger partial charge is 0.416 e. The van der Waals surface area contributed by atoms with Crippen LogP contribution < -0.4 is 15.8 Å². The van der Waals surface area contributed by atoms with Crippen molar-refractivity contribution in [1.82, 2.24) is 10.3 Å². The number of nitrogens with zero attached hydrogens (tertiary/aromatic N) is 1. The Hall–Kier alpha value is -2.53. The van der Waals surface area contributed by atoms with Crippen LogP contribution in [-0.4, -0.2) is 37.4 Å². The van der Waals surface area contributed by atoms with Crippen LogP contribution in [0.3, 0.4) is 0 Å². The number of nitrogens with two attached hydrogens (primary N) is 1. The number of alkyl halides is 6. The van der Waals surface area contributed by atoms with E-state index in [2.05, 4.69) is 10.3 Å². The van der Waals surface area contributed by atoms with E-state index < -0.39 is 29.2 Å². The third-order valence-electron chi connectivity index (χ3n) is 5.24. The van der Waals surface area contributed by atoms with Gasteiger partial charge in [0.25, 0.3) is 0 Å². The summed E-state index contributed by atoms with van der Waals surface area (Å²) in [5.41, 5.74) is 4.86. The summed E-state index contributed by atoms with van der Waals surface area (Å²) in [6, 6.07) is 4.94. The minimum absolute atomic E-state index is 0.0694. The monoisotopic (exact) mass is 477 g/mol. The number of aryl methyl sites for hydroxylation is 1. The first kappa shape index (κ1) is 25.1. The number of rotatable bonds is 8. The fourth-order valence-electron chi connectivity index (χ4n) is 3.74. The zero-order valence-electron chi connectivity index (χ0n) is 17.9. The second kappa shape index (κ2) is 10.2. The van der Waals surface area contributed by atoms with E-state index in [9.17, 15) is 26.3 Å². The van der Waals surface area contributed by atoms with Crippen LogP contribution >= 0.6 is 0 Å². The Morgan fingerprint density at radius 3 is 2.24 bits per heavy atom. The van der Waals surface area contributed by atoms with Crippen LogP contribution in [0.1, 0.15) is 28.8 Å². The predicted molar refractivity (Wildman–Crippen MR) is 110 cm³/mol. The Kier molecular flexibility index (Phi) is 7.73. The molecule has 3 N–H and O–H groups in total. The molecule has 0 radical (unpaired) electrons. The highest BCUT2D eigenvalue weighted by Crippen LogP contribution is 2.38. The Morgan fingerprint density at radius 2 is 1.64 bits per heavy atom. The van der Waals surface area contributed by atoms with E-state index in [1.807, 2.05) is 13.0 Å². The molecule has 1 saturated heterocycles. The van der Waals surface area contributed by atoms with Crippen molar-refractivity contribution in [3.8, 4) is 5.75 Å². The average molecular weight is 477 g/mol. The number of aromatic nitrogens is 1. The van der Waals surface area contributed by atoms with E-state index in [-0.39, 0.29) is 31.3 Å². The van der Waals surface area contributed by atoms with Gasteiger partial charge in [-0.25, -0.2) is 4.98 Å². The minimum Gasteiger partial charge on any atom is -0.493 e. The van der Waals surface area contributed by atoms with Crippen LogP contribution in [0, 0.1) is 12.8 Å². The van der Waals surface area contributed by atoms with Crippen molar-refractivity contribution in [3.63, 3.8) is 0 Å². The number of halogens is 6. The summed E-state index contributed by atoms with van der Waals surface area (Å²) in [6.45, 7) is 3.47. The van der Waals surface area contributed by atoms with Crippen molar-refractivity contribution in [3.05, 3.63) is 52.7 Å². The lowest BCUT2D eigenvalue weighted by Gasteiger charge is -2.19. The van der Waals surface area contributed by atoms with Gasteiger partial charge in [0.1, 0.15) is 11.6 Å². The molecule has 0 saturated carbocycles. The first-order valence-electron chi connectivity index (χ1n) is 10.4. The van der Waals surface area contributed by atoms with Gasteiger partial charge in [-0.15, -0.1) is 0 Å². The summed E-state index contributed by atoms with van der Waals surface area (Å²) in [7, 11) is 0. The molecule has 0 amide bonds. The molecule has 0 aliphatic carbocycles. The number of nitrogen functional groups attached to an aromatic ring is 1. The number of nitrogens with one attached hydrogen (secondary N) is 1. The molecular weight excluding hydrogens is 452 g/mol. The molecule has 1 fully saturated rings. The summed E-state index contributed by atoms with van der Waals surface area (Å²) in [6.07, 6.45) is -8.95. The summed E-state index contributed by atoms with van der Waals surface area (Å²) in [5, 5.41) is 3.25. The Morgan fingerprint density at radius 1 is 0.970 bits per heavy atom. The Labute approximate surface area is 187 Å². The zero-order valence-corrected chi connectivity index (χ0v) is 17.9. The number of ether oxygens (including phenoxy) is 2. The molecule has 2 atom stereocenters. The van der Waals surface area contributed by atoms with Gasteiger partial charge in [-0.05, 0) is 49.2 Å². The van der Waals surface area contributed by atoms with Gasteiger partial charge in [0.2, 0.25) is 0 Å². The van der Waals surface area contributed by atoms with Gasteiger partial charge in [-0.3, -0.25) is 0 Å². The second-order valence-corrected chi connectivity index (χ2v) is 8.04. The second-order valence-electron chi connectivity index (χ2n) is 8.04. The van der Waals surface area contributed by atoms with Crippen LogP contribution in [0.2, 0.25) is 0 Å². The average Bonchev–Trinajstić information content (AvgIpc) is 3.12. The lowest BCUT2D eigenvalue weighted by Crippen LogP contribution is -2.25. The van der Waals surface area contributed by atoms with Gasteiger partial charge in [0, 0.05) is 31.1 Å². The highest BCUT2D eigenvalue weighted by Gasteiger charge is 2.37. The topological polar surface area (TPSA) is 69.4 Å². The molecule has 5 nitrogen and oxygen atoms in total. The molecule has 0 unspecified atom stereocenters. The highest BCUT2D eigenvalue weighted by molar-refractivity contribution is 5.37. The first-order chi connectivity index (χ1) is 15.4. The third-order valence-corrected chi connectivity index (χ3v) is 5.24. The van der Waals surface area contributed by atoms with E-state index in [4.69, 9.17) is 15.2 Å². The van der Waals surface area contributed by atoms with Gasteiger partial charge in [-0.2, -0.15) is 26.3 Å². The maximum atomic E-state index is 12.9. The molecule has 3 rings (SSSR count). The molecule has 33 heavy (non-hydrogen) atoms. The standard InChI is InChI=1S/C22H25F6N3O2/c1-13-5-17(31-20(29)6-13)7-14-11-30-12-19(14)33-4-2-3-32-18-9-15(21(23,24)25)8-16(10-18)22(26,27)28/h5-6,8-10,14,19,30H,2-4,7,11-12H2,1H3,(H2,29,31)/t14-,19+/m1/s1. The highest BCUT2D eigenvalue weighted by atomic mass is 19.4. The van der Waals surface area contributed by atoms with Gasteiger partial charge in [0.05, 0.1) is 30.4 Å². The van der Waals surface area contributed by atoms with Crippen molar-refractivity contribution < 1.29 is 35.8 Å². The quantitative estimate of drug-likeness (QED) is 0.429. The lowest BCUT2D eigenvalue weighted by molar-refractivity contribution is -0.143. The van der Waals surface area contributed by atoms with Gasteiger partial charge < -0.3 is 20.5 Å². The normalized spacial score (nSPS) is 19.1. The maximum absolute atomic E-state index is 12.9. The van der Waals surface area contributed by atoms with Crippen molar-refractivity contribution in [2.75, 3.05) is 32.0 Å². The van der Waals surface area contributed by atoms with Gasteiger partial charge >= 0.3 is 12.4 Å². The SMILES string of the molecule is Cc1cc(N)nc(C[C@@H]2CNC[C@@H]2OCCCOc2cc(C(F)(F)F)cc(C(F)(F)F)c2)c1. The number of anilines is 1. The van der Waals surface area contributed by atoms with Crippen LogP contribution in [0.15, 0.2) is 30.3 Å². The molecule has 11 heteroatoms. The predicted octanol–water partition coefficient (Wildman–Crippen LogP) is 4.63. The van der Waals surface area contributed by atoms with Crippen LogP contribution in [0.5, 0.6) is 5.75 Å². The van der Waals surface area contributed by atoms with Gasteiger partial charge in [-0.1, -0.05) is 0 Å². The first-order valence-corrected chi connectivity index (χ1v) is 10.4. The molecular formula is C22H25F6N3O2. The summed E-state index contributed by atoms with van der Waals surface area (Å²) >= 11 is 0. The van der Waals surface area contributed by atoms with Gasteiger partial charge in [0.15, 0.2) is 0 Å². The Balaban J connectivity index is 1.51. The summed E-state index contributed by atoms with van der Waals surface area (Å²) in [5.74, 6) is 0.131. The number of hydrogen-bond donors (Lipinski definition) is 2. The van der Waals surface area contributed by atoms with E-state index in [1.54, 1.807) is 6.07 Å². The van der Waals surface area contributed by atoms with Crippen LogP contribution in [-0.2, 0) is 23.5 Å². The fourth-order valence-corrected chi connectivity index (χ4v) is 3.74. The molecule has 0 spiro atoms. The largest absolute Gasteiger partial charge is 0.493 e. The molecule has 1 aliphatic heterocycles. The molecule has 1 aliphatic rings. The number of pyridine rings is 1. The molecule has 2 aromatic rings. The van der Waals surface area contributed by atoms with Crippen LogP contribution in [0.4, 0.5) is 32.2 Å². The van der Waals surface area contributed by atoms with Crippen LogP contribution in [0.25, 0.3) is 0 Å². The molecule has 1 aromatic carbocycles. The van der Waals surface area contributed by atoms with E-state index in [0.717, 1.165) is 17.8 Å². The zero-order chi connectivity index (χ0) is 24.2. The van der Waals surface area contributed by atoms with E-state index >= 15 is 0 Å².